The van der Waals surface area contributed by atoms with Gasteiger partial charge in [0.2, 0.25) is 5.82 Å². The molecule has 1 unspecified atom stereocenters. The molecule has 3 rings (SSSR count). The van der Waals surface area contributed by atoms with Crippen LogP contribution in [-0.4, -0.2) is 22.6 Å². The molecular formula is C16H18N2O2. The van der Waals surface area contributed by atoms with Crippen LogP contribution in [-0.2, 0) is 11.2 Å². The van der Waals surface area contributed by atoms with Gasteiger partial charge >= 0.3 is 5.97 Å². The zero-order valence-electron chi connectivity index (χ0n) is 12.0. The van der Waals surface area contributed by atoms with Gasteiger partial charge < -0.3 is 9.30 Å². The molecule has 0 saturated carbocycles. The van der Waals surface area contributed by atoms with Gasteiger partial charge in [0.25, 0.3) is 0 Å². The molecule has 4 heteroatoms. The summed E-state index contributed by atoms with van der Waals surface area (Å²) in [6.07, 6.45) is 4.51. The molecule has 1 aromatic heterocycles. The van der Waals surface area contributed by atoms with E-state index >= 15 is 0 Å². The average molecular weight is 270 g/mol. The van der Waals surface area contributed by atoms with Crippen molar-refractivity contribution in [1.29, 1.82) is 0 Å². The number of fused-ring (bicyclic) bond motifs is 1. The van der Waals surface area contributed by atoms with Crippen molar-refractivity contribution >= 4 is 5.97 Å². The summed E-state index contributed by atoms with van der Waals surface area (Å²) >= 11 is 0. The molecule has 0 radical (unpaired) electrons. The first-order chi connectivity index (χ1) is 9.54. The first-order valence-corrected chi connectivity index (χ1v) is 6.73. The zero-order chi connectivity index (χ0) is 14.3. The summed E-state index contributed by atoms with van der Waals surface area (Å²) in [4.78, 5) is 16.0. The van der Waals surface area contributed by atoms with Crippen LogP contribution in [0.1, 0.15) is 41.6 Å². The molecule has 1 aliphatic carbocycles. The minimum atomic E-state index is -0.393. The lowest BCUT2D eigenvalue weighted by Crippen LogP contribution is -2.27. The van der Waals surface area contributed by atoms with Crippen molar-refractivity contribution in [3.63, 3.8) is 0 Å². The Labute approximate surface area is 118 Å². The number of esters is 1. The number of hydrogen-bond donors (Lipinski definition) is 0. The van der Waals surface area contributed by atoms with Gasteiger partial charge in [-0.05, 0) is 23.0 Å². The number of benzene rings is 1. The van der Waals surface area contributed by atoms with E-state index in [1.807, 2.05) is 16.8 Å². The second kappa shape index (κ2) is 4.47. The Morgan fingerprint density at radius 1 is 1.40 bits per heavy atom. The van der Waals surface area contributed by atoms with Crippen LogP contribution < -0.4 is 0 Å². The van der Waals surface area contributed by atoms with Crippen LogP contribution in [0.15, 0.2) is 36.7 Å². The molecule has 2 aromatic rings. The predicted molar refractivity (Wildman–Crippen MR) is 75.6 cm³/mol. The standard InChI is InChI=1S/C16H18N2O2/c1-16(2)10-11-6-4-5-7-12(11)13(16)18-9-8-17-14(18)15(19)20-3/h4-9,13H,10H2,1-3H3. The smallest absolute Gasteiger partial charge is 0.374 e. The summed E-state index contributed by atoms with van der Waals surface area (Å²) in [6.45, 7) is 4.44. The summed E-state index contributed by atoms with van der Waals surface area (Å²) in [6, 6.07) is 8.51. The highest BCUT2D eigenvalue weighted by molar-refractivity contribution is 5.85. The minimum Gasteiger partial charge on any atom is -0.463 e. The van der Waals surface area contributed by atoms with Gasteiger partial charge in [-0.1, -0.05) is 38.1 Å². The highest BCUT2D eigenvalue weighted by Gasteiger charge is 2.41. The first kappa shape index (κ1) is 12.9. The Kier molecular flexibility index (Phi) is 2.89. The molecule has 1 atom stereocenters. The third kappa shape index (κ3) is 1.83. The summed E-state index contributed by atoms with van der Waals surface area (Å²) in [5.41, 5.74) is 2.64. The summed E-state index contributed by atoms with van der Waals surface area (Å²) < 4.78 is 6.77. The number of carbonyl (C=O) groups is 1. The van der Waals surface area contributed by atoms with Crippen LogP contribution in [0.3, 0.4) is 0 Å². The SMILES string of the molecule is COC(=O)c1nccn1C1c2ccccc2CC1(C)C. The van der Waals surface area contributed by atoms with Gasteiger partial charge in [0.15, 0.2) is 0 Å². The van der Waals surface area contributed by atoms with Gasteiger partial charge in [0.05, 0.1) is 13.2 Å². The monoisotopic (exact) mass is 270 g/mol. The van der Waals surface area contributed by atoms with Crippen molar-refractivity contribution in [2.45, 2.75) is 26.3 Å². The van der Waals surface area contributed by atoms with Crippen LogP contribution in [0.4, 0.5) is 0 Å². The van der Waals surface area contributed by atoms with E-state index in [0.717, 1.165) is 6.42 Å². The molecule has 4 nitrogen and oxygen atoms in total. The normalized spacial score (nSPS) is 19.6. The van der Waals surface area contributed by atoms with Crippen LogP contribution in [0.25, 0.3) is 0 Å². The molecule has 1 aliphatic rings. The molecule has 0 spiro atoms. The molecule has 0 amide bonds. The van der Waals surface area contributed by atoms with Crippen molar-refractivity contribution in [3.8, 4) is 0 Å². The summed E-state index contributed by atoms with van der Waals surface area (Å²) in [5.74, 6) is -0.0301. The van der Waals surface area contributed by atoms with Crippen LogP contribution in [0, 0.1) is 5.41 Å². The number of hydrogen-bond acceptors (Lipinski definition) is 3. The molecular weight excluding hydrogens is 252 g/mol. The van der Waals surface area contributed by atoms with E-state index in [-0.39, 0.29) is 11.5 Å². The van der Waals surface area contributed by atoms with Crippen LogP contribution in [0.5, 0.6) is 0 Å². The Morgan fingerprint density at radius 2 is 2.15 bits per heavy atom. The number of carbonyl (C=O) groups excluding carboxylic acids is 1. The highest BCUT2D eigenvalue weighted by atomic mass is 16.5. The molecule has 0 bridgehead atoms. The fourth-order valence-electron chi connectivity index (χ4n) is 3.27. The number of rotatable bonds is 2. The molecule has 0 aliphatic heterocycles. The maximum Gasteiger partial charge on any atom is 0.374 e. The topological polar surface area (TPSA) is 44.1 Å². The van der Waals surface area contributed by atoms with Crippen molar-refractivity contribution in [1.82, 2.24) is 9.55 Å². The van der Waals surface area contributed by atoms with Gasteiger partial charge in [-0.25, -0.2) is 9.78 Å². The second-order valence-electron chi connectivity index (χ2n) is 5.92. The van der Waals surface area contributed by atoms with E-state index in [9.17, 15) is 4.79 Å². The Bertz CT molecular complexity index is 658. The molecule has 1 aromatic carbocycles. The third-order valence-corrected chi connectivity index (χ3v) is 4.05. The number of methoxy groups -OCH3 is 1. The highest BCUT2D eigenvalue weighted by Crippen LogP contribution is 2.47. The number of ether oxygens (including phenoxy) is 1. The largest absolute Gasteiger partial charge is 0.463 e. The van der Waals surface area contributed by atoms with Gasteiger partial charge in [0, 0.05) is 12.4 Å². The lowest BCUT2D eigenvalue weighted by molar-refractivity contribution is 0.0576. The van der Waals surface area contributed by atoms with Gasteiger partial charge in [-0.2, -0.15) is 0 Å². The maximum atomic E-state index is 11.9. The molecule has 0 saturated heterocycles. The summed E-state index contributed by atoms with van der Waals surface area (Å²) in [7, 11) is 1.38. The van der Waals surface area contributed by atoms with Gasteiger partial charge in [-0.3, -0.25) is 0 Å². The Morgan fingerprint density at radius 3 is 2.90 bits per heavy atom. The van der Waals surface area contributed by atoms with Gasteiger partial charge in [-0.15, -0.1) is 0 Å². The van der Waals surface area contributed by atoms with E-state index in [2.05, 4.69) is 37.0 Å². The lowest BCUT2D eigenvalue weighted by atomic mass is 9.85. The van der Waals surface area contributed by atoms with Crippen molar-refractivity contribution in [2.24, 2.45) is 5.41 Å². The number of nitrogens with zero attached hydrogens (tertiary/aromatic N) is 2. The molecule has 20 heavy (non-hydrogen) atoms. The number of aromatic nitrogens is 2. The summed E-state index contributed by atoms with van der Waals surface area (Å²) in [5, 5.41) is 0. The van der Waals surface area contributed by atoms with E-state index in [1.54, 1.807) is 6.20 Å². The van der Waals surface area contributed by atoms with Crippen LogP contribution in [0.2, 0.25) is 0 Å². The second-order valence-corrected chi connectivity index (χ2v) is 5.92. The average Bonchev–Trinajstić information content (AvgIpc) is 2.97. The zero-order valence-corrected chi connectivity index (χ0v) is 12.0. The molecule has 0 fully saturated rings. The Hall–Kier alpha value is -2.10. The van der Waals surface area contributed by atoms with Gasteiger partial charge in [0.1, 0.15) is 0 Å². The quantitative estimate of drug-likeness (QED) is 0.788. The third-order valence-electron chi connectivity index (χ3n) is 4.05. The van der Waals surface area contributed by atoms with Crippen molar-refractivity contribution in [3.05, 3.63) is 53.6 Å². The molecule has 0 N–H and O–H groups in total. The minimum absolute atomic E-state index is 0.0349. The maximum absolute atomic E-state index is 11.9. The number of imidazole rings is 1. The van der Waals surface area contributed by atoms with E-state index in [0.29, 0.717) is 5.82 Å². The van der Waals surface area contributed by atoms with Crippen molar-refractivity contribution in [2.75, 3.05) is 7.11 Å². The van der Waals surface area contributed by atoms with E-state index in [1.165, 1.54) is 18.2 Å². The molecule has 1 heterocycles. The molecule has 104 valence electrons. The Balaban J connectivity index is 2.14. The fraction of sp³-hybridized carbons (Fsp3) is 0.375. The predicted octanol–water partition coefficient (Wildman–Crippen LogP) is 2.84. The van der Waals surface area contributed by atoms with E-state index in [4.69, 9.17) is 4.74 Å². The first-order valence-electron chi connectivity index (χ1n) is 6.73. The van der Waals surface area contributed by atoms with E-state index < -0.39 is 5.97 Å². The fourth-order valence-corrected chi connectivity index (χ4v) is 3.27. The van der Waals surface area contributed by atoms with Crippen LogP contribution >= 0.6 is 0 Å². The lowest BCUT2D eigenvalue weighted by Gasteiger charge is -2.29. The van der Waals surface area contributed by atoms with Crippen molar-refractivity contribution < 1.29 is 9.53 Å².